The smallest absolute Gasteiger partial charge is 0.241 e. The van der Waals surface area contributed by atoms with Crippen molar-refractivity contribution in [3.63, 3.8) is 0 Å². The van der Waals surface area contributed by atoms with Crippen molar-refractivity contribution in [2.24, 2.45) is 7.05 Å². The van der Waals surface area contributed by atoms with Crippen molar-refractivity contribution in [2.75, 3.05) is 20.3 Å². The van der Waals surface area contributed by atoms with Gasteiger partial charge in [0, 0.05) is 31.9 Å². The van der Waals surface area contributed by atoms with Crippen molar-refractivity contribution in [1.82, 2.24) is 14.3 Å². The van der Waals surface area contributed by atoms with Crippen LogP contribution in [0.3, 0.4) is 0 Å². The molecule has 0 aliphatic carbocycles. The van der Waals surface area contributed by atoms with E-state index < -0.39 is 16.1 Å². The Kier molecular flexibility index (Phi) is 5.65. The minimum atomic E-state index is -3.90. The first-order chi connectivity index (χ1) is 14.5. The van der Waals surface area contributed by atoms with Crippen molar-refractivity contribution >= 4 is 10.0 Å². The first kappa shape index (κ1) is 20.2. The van der Waals surface area contributed by atoms with Gasteiger partial charge < -0.3 is 18.8 Å². The van der Waals surface area contributed by atoms with Crippen LogP contribution in [0.2, 0.25) is 0 Å². The molecule has 0 saturated heterocycles. The van der Waals surface area contributed by atoms with Crippen molar-refractivity contribution in [2.45, 2.75) is 17.4 Å². The van der Waals surface area contributed by atoms with E-state index in [1.807, 2.05) is 19.2 Å². The van der Waals surface area contributed by atoms with E-state index in [0.29, 0.717) is 41.9 Å². The summed E-state index contributed by atoms with van der Waals surface area (Å²) < 4.78 is 47.7. The molecule has 0 fully saturated rings. The summed E-state index contributed by atoms with van der Waals surface area (Å²) in [6.45, 7) is 1.01. The number of methoxy groups -OCH3 is 1. The zero-order valence-electron chi connectivity index (χ0n) is 16.7. The number of aryl methyl sites for hydroxylation is 1. The summed E-state index contributed by atoms with van der Waals surface area (Å²) in [5.41, 5.74) is 0.710. The van der Waals surface area contributed by atoms with Crippen LogP contribution in [0.5, 0.6) is 17.2 Å². The van der Waals surface area contributed by atoms with Crippen LogP contribution in [0.15, 0.2) is 59.8 Å². The number of sulfonamides is 1. The number of hydrogen-bond acceptors (Lipinski definition) is 6. The van der Waals surface area contributed by atoms with Gasteiger partial charge in [-0.05, 0) is 29.8 Å². The highest BCUT2D eigenvalue weighted by molar-refractivity contribution is 7.89. The zero-order chi connectivity index (χ0) is 21.1. The molecule has 1 atom stereocenters. The summed E-state index contributed by atoms with van der Waals surface area (Å²) in [5, 5.41) is 0. The molecule has 8 nitrogen and oxygen atoms in total. The lowest BCUT2D eigenvalue weighted by molar-refractivity contribution is 0.297. The number of benzene rings is 2. The number of aromatic nitrogens is 2. The van der Waals surface area contributed by atoms with Crippen LogP contribution in [0.25, 0.3) is 0 Å². The number of ether oxygens (including phenoxy) is 3. The average molecular weight is 429 g/mol. The Bertz CT molecular complexity index is 1140. The first-order valence-corrected chi connectivity index (χ1v) is 11.0. The van der Waals surface area contributed by atoms with Crippen LogP contribution in [-0.4, -0.2) is 38.3 Å². The van der Waals surface area contributed by atoms with Crippen molar-refractivity contribution in [1.29, 1.82) is 0 Å². The molecular weight excluding hydrogens is 406 g/mol. The first-order valence-electron chi connectivity index (χ1n) is 9.51. The fourth-order valence-electron chi connectivity index (χ4n) is 3.28. The summed E-state index contributed by atoms with van der Waals surface area (Å²) in [7, 11) is -0.512. The maximum atomic E-state index is 13.3. The molecule has 2 heterocycles. The Balaban J connectivity index is 1.72. The molecule has 0 radical (unpaired) electrons. The third-order valence-corrected chi connectivity index (χ3v) is 6.27. The van der Waals surface area contributed by atoms with Crippen LogP contribution in [0.4, 0.5) is 0 Å². The normalized spacial score (nSPS) is 14.7. The highest BCUT2D eigenvalue weighted by Crippen LogP contribution is 2.33. The van der Waals surface area contributed by atoms with Crippen LogP contribution in [0, 0.1) is 0 Å². The Labute approximate surface area is 175 Å². The predicted molar refractivity (Wildman–Crippen MR) is 110 cm³/mol. The highest BCUT2D eigenvalue weighted by Gasteiger charge is 2.27. The molecule has 1 unspecified atom stereocenters. The van der Waals surface area contributed by atoms with Crippen LogP contribution >= 0.6 is 0 Å². The molecule has 1 aliphatic heterocycles. The molecule has 3 aromatic rings. The second-order valence-corrected chi connectivity index (χ2v) is 8.60. The molecule has 1 aromatic heterocycles. The van der Waals surface area contributed by atoms with E-state index in [2.05, 4.69) is 9.71 Å². The number of rotatable bonds is 6. The van der Waals surface area contributed by atoms with E-state index in [1.54, 1.807) is 42.3 Å². The predicted octanol–water partition coefficient (Wildman–Crippen LogP) is 2.66. The molecule has 4 rings (SSSR count). The quantitative estimate of drug-likeness (QED) is 0.648. The zero-order valence-corrected chi connectivity index (χ0v) is 17.6. The number of imidazole rings is 1. The van der Waals surface area contributed by atoms with Crippen LogP contribution in [0.1, 0.15) is 23.9 Å². The Morgan fingerprint density at radius 3 is 2.67 bits per heavy atom. The maximum absolute atomic E-state index is 13.3. The molecule has 158 valence electrons. The van der Waals surface area contributed by atoms with Gasteiger partial charge in [-0.3, -0.25) is 0 Å². The van der Waals surface area contributed by atoms with Crippen molar-refractivity contribution < 1.29 is 22.6 Å². The minimum Gasteiger partial charge on any atom is -0.497 e. The number of nitrogens with one attached hydrogen (secondary N) is 1. The van der Waals surface area contributed by atoms with E-state index in [-0.39, 0.29) is 4.90 Å². The lowest BCUT2D eigenvalue weighted by Crippen LogP contribution is -2.31. The van der Waals surface area contributed by atoms with Gasteiger partial charge in [0.2, 0.25) is 10.0 Å². The summed E-state index contributed by atoms with van der Waals surface area (Å²) in [4.78, 5) is 4.45. The second kappa shape index (κ2) is 8.37. The molecule has 1 aliphatic rings. The van der Waals surface area contributed by atoms with Gasteiger partial charge in [0.1, 0.15) is 17.6 Å². The molecule has 0 spiro atoms. The molecule has 0 saturated carbocycles. The van der Waals surface area contributed by atoms with Gasteiger partial charge in [0.25, 0.3) is 0 Å². The van der Waals surface area contributed by atoms with Crippen LogP contribution < -0.4 is 18.9 Å². The van der Waals surface area contributed by atoms with Crippen molar-refractivity contribution in [3.8, 4) is 17.2 Å². The van der Waals surface area contributed by atoms with E-state index in [9.17, 15) is 8.42 Å². The SMILES string of the molecule is COc1cccc(C(NS(=O)(=O)c2ccc3c(c2)OCCCO3)c2nccn2C)c1. The summed E-state index contributed by atoms with van der Waals surface area (Å²) in [6.07, 6.45) is 4.14. The fourth-order valence-corrected chi connectivity index (χ4v) is 4.48. The molecular formula is C21H23N3O5S. The Morgan fingerprint density at radius 1 is 1.13 bits per heavy atom. The summed E-state index contributed by atoms with van der Waals surface area (Å²) in [6, 6.07) is 11.1. The third kappa shape index (κ3) is 4.12. The van der Waals surface area contributed by atoms with Gasteiger partial charge >= 0.3 is 0 Å². The maximum Gasteiger partial charge on any atom is 0.241 e. The van der Waals surface area contributed by atoms with E-state index in [0.717, 1.165) is 6.42 Å². The largest absolute Gasteiger partial charge is 0.497 e. The second-order valence-electron chi connectivity index (χ2n) is 6.89. The van der Waals surface area contributed by atoms with Gasteiger partial charge in [0.15, 0.2) is 11.5 Å². The number of fused-ring (bicyclic) bond motifs is 1. The average Bonchev–Trinajstić information content (AvgIpc) is 3.03. The topological polar surface area (TPSA) is 91.7 Å². The van der Waals surface area contributed by atoms with Gasteiger partial charge in [0.05, 0.1) is 25.2 Å². The summed E-state index contributed by atoms with van der Waals surface area (Å²) in [5.74, 6) is 2.15. The Morgan fingerprint density at radius 2 is 1.93 bits per heavy atom. The molecule has 0 amide bonds. The summed E-state index contributed by atoms with van der Waals surface area (Å²) >= 11 is 0. The molecule has 2 aromatic carbocycles. The highest BCUT2D eigenvalue weighted by atomic mass is 32.2. The van der Waals surface area contributed by atoms with E-state index in [1.165, 1.54) is 12.1 Å². The lowest BCUT2D eigenvalue weighted by Gasteiger charge is -2.20. The number of hydrogen-bond donors (Lipinski definition) is 1. The van der Waals surface area contributed by atoms with Gasteiger partial charge in [-0.2, -0.15) is 4.72 Å². The van der Waals surface area contributed by atoms with Gasteiger partial charge in [-0.1, -0.05) is 12.1 Å². The van der Waals surface area contributed by atoms with Gasteiger partial charge in [-0.15, -0.1) is 0 Å². The molecule has 1 N–H and O–H groups in total. The van der Waals surface area contributed by atoms with Crippen LogP contribution in [-0.2, 0) is 17.1 Å². The van der Waals surface area contributed by atoms with Gasteiger partial charge in [-0.25, -0.2) is 13.4 Å². The third-order valence-electron chi connectivity index (χ3n) is 4.85. The van der Waals surface area contributed by atoms with Crippen molar-refractivity contribution in [3.05, 3.63) is 66.2 Å². The molecule has 30 heavy (non-hydrogen) atoms. The minimum absolute atomic E-state index is 0.0915. The standard InChI is InChI=1S/C21H23N3O5S/c1-24-10-9-22-21(24)20(15-5-3-6-16(13-15)27-2)23-30(25,26)17-7-8-18-19(14-17)29-12-4-11-28-18/h3,5-10,13-14,20,23H,4,11-12H2,1-2H3. The monoisotopic (exact) mass is 429 g/mol. The number of nitrogens with zero attached hydrogens (tertiary/aromatic N) is 2. The molecule has 0 bridgehead atoms. The Hall–Kier alpha value is -3.04. The van der Waals surface area contributed by atoms with E-state index in [4.69, 9.17) is 14.2 Å². The fraction of sp³-hybridized carbons (Fsp3) is 0.286. The van der Waals surface area contributed by atoms with E-state index >= 15 is 0 Å². The molecule has 9 heteroatoms. The lowest BCUT2D eigenvalue weighted by atomic mass is 10.1.